The smallest absolute Gasteiger partial charge is 0.287 e. The van der Waals surface area contributed by atoms with Crippen molar-refractivity contribution in [3.05, 3.63) is 118 Å². The van der Waals surface area contributed by atoms with Crippen LogP contribution in [0.15, 0.2) is 100 Å². The molecule has 7 nitrogen and oxygen atoms in total. The molecule has 0 aliphatic rings. The summed E-state index contributed by atoms with van der Waals surface area (Å²) in [5.74, 6) is -0.0873. The van der Waals surface area contributed by atoms with Crippen LogP contribution >= 0.6 is 23.2 Å². The summed E-state index contributed by atoms with van der Waals surface area (Å²) in [4.78, 5) is 27.9. The first-order valence-electron chi connectivity index (χ1n) is 11.5. The van der Waals surface area contributed by atoms with Crippen molar-refractivity contribution >= 4 is 53.0 Å². The van der Waals surface area contributed by atoms with Gasteiger partial charge in [0.1, 0.15) is 17.2 Å². The average molecular weight is 547 g/mol. The van der Waals surface area contributed by atoms with Gasteiger partial charge in [-0.3, -0.25) is 9.59 Å². The van der Waals surface area contributed by atoms with Crippen LogP contribution in [0.25, 0.3) is 17.4 Å². The third kappa shape index (κ3) is 6.91. The van der Waals surface area contributed by atoms with Crippen LogP contribution in [-0.2, 0) is 4.79 Å². The summed E-state index contributed by atoms with van der Waals surface area (Å²) >= 11 is 12.1. The molecule has 192 valence electrons. The fourth-order valence-corrected chi connectivity index (χ4v) is 3.78. The van der Waals surface area contributed by atoms with E-state index in [1.165, 1.54) is 6.21 Å². The van der Waals surface area contributed by atoms with Gasteiger partial charge in [0.05, 0.1) is 16.8 Å². The van der Waals surface area contributed by atoms with Crippen molar-refractivity contribution in [2.45, 2.75) is 0 Å². The number of benzene rings is 3. The molecule has 1 heterocycles. The number of hydrogen-bond donors (Lipinski definition) is 2. The van der Waals surface area contributed by atoms with E-state index in [4.69, 9.17) is 27.6 Å². The van der Waals surface area contributed by atoms with E-state index in [1.807, 2.05) is 55.4 Å². The number of furan rings is 1. The lowest BCUT2D eigenvalue weighted by molar-refractivity contribution is -0.117. The Morgan fingerprint density at radius 3 is 2.29 bits per heavy atom. The molecule has 0 atom stereocenters. The number of nitrogens with zero attached hydrogens (tertiary/aromatic N) is 2. The van der Waals surface area contributed by atoms with Crippen LogP contribution in [0.1, 0.15) is 21.7 Å². The Morgan fingerprint density at radius 2 is 1.61 bits per heavy atom. The Kier molecular flexibility index (Phi) is 8.63. The molecule has 9 heteroatoms. The lowest BCUT2D eigenvalue weighted by Gasteiger charge is -2.13. The molecule has 2 amide bonds. The number of anilines is 1. The third-order valence-corrected chi connectivity index (χ3v) is 6.03. The second-order valence-corrected chi connectivity index (χ2v) is 9.23. The van der Waals surface area contributed by atoms with Crippen LogP contribution < -0.4 is 15.6 Å². The number of carbonyl (C=O) groups is 2. The Bertz CT molecular complexity index is 1490. The highest BCUT2D eigenvalue weighted by molar-refractivity contribution is 6.34. The molecule has 2 N–H and O–H groups in total. The predicted octanol–water partition coefficient (Wildman–Crippen LogP) is 6.24. The van der Waals surface area contributed by atoms with Crippen molar-refractivity contribution in [3.63, 3.8) is 0 Å². The van der Waals surface area contributed by atoms with Crippen LogP contribution in [0.5, 0.6) is 0 Å². The minimum Gasteiger partial charge on any atom is -0.455 e. The maximum Gasteiger partial charge on any atom is 0.287 e. The van der Waals surface area contributed by atoms with Crippen molar-refractivity contribution in [2.75, 3.05) is 19.0 Å². The first-order chi connectivity index (χ1) is 18.3. The highest BCUT2D eigenvalue weighted by Crippen LogP contribution is 2.23. The molecule has 3 aromatic carbocycles. The maximum atomic E-state index is 13.0. The van der Waals surface area contributed by atoms with Crippen LogP contribution in [0.3, 0.4) is 0 Å². The molecule has 0 spiro atoms. The van der Waals surface area contributed by atoms with Gasteiger partial charge in [-0.05, 0) is 72.3 Å². The predicted molar refractivity (Wildman–Crippen MR) is 153 cm³/mol. The number of hydrogen-bond acceptors (Lipinski definition) is 5. The normalized spacial score (nSPS) is 11.4. The molecule has 0 aliphatic carbocycles. The number of amides is 2. The number of rotatable bonds is 8. The van der Waals surface area contributed by atoms with Gasteiger partial charge in [-0.1, -0.05) is 47.5 Å². The minimum absolute atomic E-state index is 0.00836. The summed E-state index contributed by atoms with van der Waals surface area (Å²) < 4.78 is 5.77. The maximum absolute atomic E-state index is 13.0. The molecule has 0 saturated heterocycles. The van der Waals surface area contributed by atoms with Crippen molar-refractivity contribution in [1.82, 2.24) is 10.7 Å². The number of hydrazone groups is 1. The number of nitrogens with one attached hydrogen (secondary N) is 2. The second kappa shape index (κ2) is 12.3. The lowest BCUT2D eigenvalue weighted by Crippen LogP contribution is -2.33. The summed E-state index contributed by atoms with van der Waals surface area (Å²) in [6.07, 6.45) is 2.93. The SMILES string of the molecule is CN(C)c1ccc(/C=C(\NC(=O)c2ccccc2Cl)C(=O)NN=Cc2ccc(-c3ccc(Cl)cc3)o2)cc1. The van der Waals surface area contributed by atoms with Crippen molar-refractivity contribution < 1.29 is 14.0 Å². The Hall–Kier alpha value is -4.33. The second-order valence-electron chi connectivity index (χ2n) is 8.39. The molecule has 4 rings (SSSR count). The Labute approximate surface area is 230 Å². The van der Waals surface area contributed by atoms with Crippen LogP contribution in [-0.4, -0.2) is 32.1 Å². The zero-order valence-electron chi connectivity index (χ0n) is 20.6. The van der Waals surface area contributed by atoms with Gasteiger partial charge in [-0.2, -0.15) is 5.10 Å². The average Bonchev–Trinajstić information content (AvgIpc) is 3.38. The summed E-state index contributed by atoms with van der Waals surface area (Å²) in [6.45, 7) is 0. The van der Waals surface area contributed by atoms with Gasteiger partial charge >= 0.3 is 0 Å². The van der Waals surface area contributed by atoms with E-state index in [1.54, 1.807) is 54.6 Å². The van der Waals surface area contributed by atoms with Gasteiger partial charge in [0, 0.05) is 30.4 Å². The number of carbonyl (C=O) groups excluding carboxylic acids is 2. The first-order valence-corrected chi connectivity index (χ1v) is 12.3. The van der Waals surface area contributed by atoms with Gasteiger partial charge in [0.2, 0.25) is 0 Å². The molecule has 4 aromatic rings. The number of halogens is 2. The Morgan fingerprint density at radius 1 is 0.895 bits per heavy atom. The molecule has 0 radical (unpaired) electrons. The molecule has 1 aromatic heterocycles. The molecular weight excluding hydrogens is 523 g/mol. The van der Waals surface area contributed by atoms with E-state index in [0.717, 1.165) is 11.3 Å². The largest absolute Gasteiger partial charge is 0.455 e. The highest BCUT2D eigenvalue weighted by Gasteiger charge is 2.16. The van der Waals surface area contributed by atoms with E-state index in [0.29, 0.717) is 22.1 Å². The van der Waals surface area contributed by atoms with Crippen LogP contribution in [0.2, 0.25) is 10.0 Å². The van der Waals surface area contributed by atoms with E-state index in [9.17, 15) is 9.59 Å². The van der Waals surface area contributed by atoms with Gasteiger partial charge in [-0.15, -0.1) is 0 Å². The van der Waals surface area contributed by atoms with Gasteiger partial charge in [0.25, 0.3) is 11.8 Å². The third-order valence-electron chi connectivity index (χ3n) is 5.45. The summed E-state index contributed by atoms with van der Waals surface area (Å²) in [6, 6.07) is 24.8. The fourth-order valence-electron chi connectivity index (χ4n) is 3.44. The summed E-state index contributed by atoms with van der Waals surface area (Å²) in [5.41, 5.74) is 5.23. The van der Waals surface area contributed by atoms with Crippen molar-refractivity contribution in [1.29, 1.82) is 0 Å². The highest BCUT2D eigenvalue weighted by atomic mass is 35.5. The molecule has 0 aliphatic heterocycles. The summed E-state index contributed by atoms with van der Waals surface area (Å²) in [7, 11) is 3.87. The van der Waals surface area contributed by atoms with E-state index in [-0.39, 0.29) is 16.3 Å². The first kappa shape index (κ1) is 26.7. The van der Waals surface area contributed by atoms with Crippen LogP contribution in [0, 0.1) is 0 Å². The quantitative estimate of drug-likeness (QED) is 0.155. The van der Waals surface area contributed by atoms with E-state index < -0.39 is 11.8 Å². The zero-order chi connectivity index (χ0) is 27.1. The minimum atomic E-state index is -0.622. The standard InChI is InChI=1S/C29H24Cl2N4O3/c1-35(2)22-13-7-19(8-14-22)17-26(33-28(36)24-5-3-4-6-25(24)31)29(37)34-32-18-23-15-16-27(38-23)20-9-11-21(30)12-10-20/h3-18H,1-2H3,(H,33,36)(H,34,37)/b26-17-,32-18?. The molecule has 38 heavy (non-hydrogen) atoms. The van der Waals surface area contributed by atoms with Crippen molar-refractivity contribution in [2.24, 2.45) is 5.10 Å². The molecule has 0 unspecified atom stereocenters. The molecule has 0 fully saturated rings. The van der Waals surface area contributed by atoms with E-state index in [2.05, 4.69) is 15.8 Å². The van der Waals surface area contributed by atoms with Gasteiger partial charge < -0.3 is 14.6 Å². The summed E-state index contributed by atoms with van der Waals surface area (Å²) in [5, 5.41) is 7.54. The fraction of sp³-hybridized carbons (Fsp3) is 0.0690. The Balaban J connectivity index is 1.52. The van der Waals surface area contributed by atoms with Crippen LogP contribution in [0.4, 0.5) is 5.69 Å². The topological polar surface area (TPSA) is 86.9 Å². The molecular formula is C29H24Cl2N4O3. The molecule has 0 saturated carbocycles. The lowest BCUT2D eigenvalue weighted by atomic mass is 10.1. The zero-order valence-corrected chi connectivity index (χ0v) is 22.1. The van der Waals surface area contributed by atoms with E-state index >= 15 is 0 Å². The monoisotopic (exact) mass is 546 g/mol. The van der Waals surface area contributed by atoms with Gasteiger partial charge in [-0.25, -0.2) is 5.43 Å². The van der Waals surface area contributed by atoms with Gasteiger partial charge in [0.15, 0.2) is 0 Å². The molecule has 0 bridgehead atoms. The van der Waals surface area contributed by atoms with Crippen molar-refractivity contribution in [3.8, 4) is 11.3 Å².